The second-order valence-electron chi connectivity index (χ2n) is 2.20. The summed E-state index contributed by atoms with van der Waals surface area (Å²) in [5.41, 5.74) is 0. The molecule has 3 nitrogen and oxygen atoms in total. The largest absolute Gasteiger partial charge is 0.219 e. The van der Waals surface area contributed by atoms with Crippen LogP contribution in [0.4, 0.5) is 0 Å². The van der Waals surface area contributed by atoms with Crippen LogP contribution in [0.25, 0.3) is 0 Å². The SMILES string of the molecule is CC.CC.CCc1nc(C)nc(C)n1. The molecule has 0 saturated heterocycles. The molecule has 0 aliphatic rings. The molecule has 0 spiro atoms. The average Bonchev–Trinajstić information content (AvgIpc) is 2.22. The molecule has 82 valence electrons. The number of hydrogen-bond acceptors (Lipinski definition) is 3. The van der Waals surface area contributed by atoms with Gasteiger partial charge in [-0.05, 0) is 13.8 Å². The molecular weight excluding hydrogens is 174 g/mol. The van der Waals surface area contributed by atoms with Gasteiger partial charge in [0.15, 0.2) is 0 Å². The highest BCUT2D eigenvalue weighted by atomic mass is 15.0. The molecule has 1 heterocycles. The molecule has 1 aromatic heterocycles. The van der Waals surface area contributed by atoms with Crippen molar-refractivity contribution in [1.82, 2.24) is 15.0 Å². The molecule has 1 rings (SSSR count). The zero-order valence-electron chi connectivity index (χ0n) is 10.5. The van der Waals surface area contributed by atoms with E-state index >= 15 is 0 Å². The van der Waals surface area contributed by atoms with Gasteiger partial charge in [0.2, 0.25) is 0 Å². The molecule has 0 aliphatic carbocycles. The summed E-state index contributed by atoms with van der Waals surface area (Å²) in [6.07, 6.45) is 0.879. The Bertz CT molecular complexity index is 214. The maximum atomic E-state index is 4.13. The summed E-state index contributed by atoms with van der Waals surface area (Å²) in [7, 11) is 0. The first-order chi connectivity index (χ1) is 6.72. The lowest BCUT2D eigenvalue weighted by molar-refractivity contribution is 0.830. The molecule has 3 heteroatoms. The molecule has 1 aromatic rings. The van der Waals surface area contributed by atoms with E-state index in [1.54, 1.807) is 0 Å². The van der Waals surface area contributed by atoms with Gasteiger partial charge < -0.3 is 0 Å². The van der Waals surface area contributed by atoms with Crippen LogP contribution in [-0.2, 0) is 6.42 Å². The second-order valence-corrected chi connectivity index (χ2v) is 2.20. The Hall–Kier alpha value is -0.990. The van der Waals surface area contributed by atoms with Crippen molar-refractivity contribution in [3.05, 3.63) is 17.5 Å². The van der Waals surface area contributed by atoms with Crippen molar-refractivity contribution in [2.45, 2.75) is 54.9 Å². The number of aryl methyl sites for hydroxylation is 3. The normalized spacial score (nSPS) is 7.93. The van der Waals surface area contributed by atoms with Crippen molar-refractivity contribution in [1.29, 1.82) is 0 Å². The fraction of sp³-hybridized carbons (Fsp3) is 0.727. The van der Waals surface area contributed by atoms with Crippen LogP contribution in [0, 0.1) is 13.8 Å². The van der Waals surface area contributed by atoms with E-state index in [4.69, 9.17) is 0 Å². The van der Waals surface area contributed by atoms with Crippen molar-refractivity contribution < 1.29 is 0 Å². The van der Waals surface area contributed by atoms with E-state index in [2.05, 4.69) is 15.0 Å². The molecule has 0 atom stereocenters. The molecule has 0 saturated carbocycles. The van der Waals surface area contributed by atoms with Gasteiger partial charge in [-0.3, -0.25) is 0 Å². The highest BCUT2D eigenvalue weighted by Gasteiger charge is 1.95. The van der Waals surface area contributed by atoms with Crippen molar-refractivity contribution in [3.63, 3.8) is 0 Å². The predicted molar refractivity (Wildman–Crippen MR) is 61.4 cm³/mol. The van der Waals surface area contributed by atoms with E-state index in [0.717, 1.165) is 23.9 Å². The molecule has 0 amide bonds. The molecule has 0 unspecified atom stereocenters. The van der Waals surface area contributed by atoms with Gasteiger partial charge in [0.1, 0.15) is 17.5 Å². The Balaban J connectivity index is 0. The standard InChI is InChI=1S/C7H11N3.2C2H6/c1-4-7-9-5(2)8-6(3)10-7;2*1-2/h4H2,1-3H3;2*1-2H3. The van der Waals surface area contributed by atoms with E-state index in [-0.39, 0.29) is 0 Å². The van der Waals surface area contributed by atoms with Crippen LogP contribution in [-0.4, -0.2) is 15.0 Å². The summed E-state index contributed by atoms with van der Waals surface area (Å²) < 4.78 is 0. The van der Waals surface area contributed by atoms with Gasteiger partial charge in [-0.15, -0.1) is 0 Å². The first-order valence-corrected chi connectivity index (χ1v) is 5.40. The monoisotopic (exact) mass is 197 g/mol. The zero-order valence-corrected chi connectivity index (χ0v) is 10.5. The van der Waals surface area contributed by atoms with Gasteiger partial charge in [0, 0.05) is 6.42 Å². The Labute approximate surface area is 88.0 Å². The minimum atomic E-state index is 0.810. The quantitative estimate of drug-likeness (QED) is 0.694. The molecule has 0 aromatic carbocycles. The number of rotatable bonds is 1. The van der Waals surface area contributed by atoms with Crippen molar-refractivity contribution in [3.8, 4) is 0 Å². The minimum absolute atomic E-state index is 0.810. The maximum absolute atomic E-state index is 4.13. The zero-order chi connectivity index (χ0) is 11.6. The van der Waals surface area contributed by atoms with Gasteiger partial charge in [-0.25, -0.2) is 15.0 Å². The Morgan fingerprint density at radius 2 is 1.14 bits per heavy atom. The summed E-state index contributed by atoms with van der Waals surface area (Å²) in [4.78, 5) is 12.3. The van der Waals surface area contributed by atoms with E-state index in [9.17, 15) is 0 Å². The first-order valence-electron chi connectivity index (χ1n) is 5.40. The fourth-order valence-electron chi connectivity index (χ4n) is 0.841. The Morgan fingerprint density at radius 3 is 1.43 bits per heavy atom. The third-order valence-corrected chi connectivity index (χ3v) is 1.22. The Kier molecular flexibility index (Phi) is 11.2. The Morgan fingerprint density at radius 1 is 0.786 bits per heavy atom. The molecular formula is C11H23N3. The summed E-state index contributed by atoms with van der Waals surface area (Å²) >= 11 is 0. The smallest absolute Gasteiger partial charge is 0.132 e. The van der Waals surface area contributed by atoms with Gasteiger partial charge in [0.05, 0.1) is 0 Å². The highest BCUT2D eigenvalue weighted by molar-refractivity contribution is 4.93. The first kappa shape index (κ1) is 15.5. The average molecular weight is 197 g/mol. The summed E-state index contributed by atoms with van der Waals surface area (Å²) in [6.45, 7) is 13.8. The number of hydrogen-bond donors (Lipinski definition) is 0. The minimum Gasteiger partial charge on any atom is -0.219 e. The van der Waals surface area contributed by atoms with Gasteiger partial charge >= 0.3 is 0 Å². The van der Waals surface area contributed by atoms with Crippen LogP contribution in [0.5, 0.6) is 0 Å². The van der Waals surface area contributed by atoms with Crippen molar-refractivity contribution >= 4 is 0 Å². The summed E-state index contributed by atoms with van der Waals surface area (Å²) in [5.74, 6) is 2.50. The van der Waals surface area contributed by atoms with E-state index in [0.29, 0.717) is 0 Å². The van der Waals surface area contributed by atoms with E-state index in [1.807, 2.05) is 48.5 Å². The molecule has 0 bridgehead atoms. The predicted octanol–water partition coefficient (Wildman–Crippen LogP) is 3.10. The highest BCUT2D eigenvalue weighted by Crippen LogP contribution is 1.93. The third-order valence-electron chi connectivity index (χ3n) is 1.22. The van der Waals surface area contributed by atoms with Crippen LogP contribution in [0.1, 0.15) is 52.1 Å². The van der Waals surface area contributed by atoms with Crippen molar-refractivity contribution in [2.75, 3.05) is 0 Å². The van der Waals surface area contributed by atoms with Gasteiger partial charge in [-0.2, -0.15) is 0 Å². The second kappa shape index (κ2) is 10.1. The number of nitrogens with zero attached hydrogens (tertiary/aromatic N) is 3. The van der Waals surface area contributed by atoms with E-state index in [1.165, 1.54) is 0 Å². The van der Waals surface area contributed by atoms with Crippen LogP contribution >= 0.6 is 0 Å². The van der Waals surface area contributed by atoms with Crippen molar-refractivity contribution in [2.24, 2.45) is 0 Å². The number of aromatic nitrogens is 3. The fourth-order valence-corrected chi connectivity index (χ4v) is 0.841. The lowest BCUT2D eigenvalue weighted by Crippen LogP contribution is -2.00. The third kappa shape index (κ3) is 6.52. The molecule has 0 radical (unpaired) electrons. The summed E-state index contributed by atoms with van der Waals surface area (Å²) in [5, 5.41) is 0. The lowest BCUT2D eigenvalue weighted by atomic mass is 10.4. The molecule has 0 fully saturated rings. The van der Waals surface area contributed by atoms with Crippen LogP contribution in [0.15, 0.2) is 0 Å². The van der Waals surface area contributed by atoms with Crippen LogP contribution in [0.3, 0.4) is 0 Å². The molecule has 0 aliphatic heterocycles. The molecule has 0 N–H and O–H groups in total. The molecule has 14 heavy (non-hydrogen) atoms. The van der Waals surface area contributed by atoms with Crippen LogP contribution < -0.4 is 0 Å². The van der Waals surface area contributed by atoms with Crippen LogP contribution in [0.2, 0.25) is 0 Å². The maximum Gasteiger partial charge on any atom is 0.132 e. The lowest BCUT2D eigenvalue weighted by Gasteiger charge is -1.97. The topological polar surface area (TPSA) is 38.7 Å². The van der Waals surface area contributed by atoms with E-state index < -0.39 is 0 Å². The van der Waals surface area contributed by atoms with Gasteiger partial charge in [-0.1, -0.05) is 34.6 Å². The summed E-state index contributed by atoms with van der Waals surface area (Å²) in [6, 6.07) is 0. The van der Waals surface area contributed by atoms with Gasteiger partial charge in [0.25, 0.3) is 0 Å².